The molecule has 1 N–H and O–H groups in total. The van der Waals surface area contributed by atoms with Crippen molar-refractivity contribution in [1.29, 1.82) is 0 Å². The van der Waals surface area contributed by atoms with Crippen LogP contribution in [0.2, 0.25) is 0 Å². The minimum absolute atomic E-state index is 0.0196. The quantitative estimate of drug-likeness (QED) is 0.868. The van der Waals surface area contributed by atoms with Crippen molar-refractivity contribution >= 4 is 16.9 Å². The molecule has 0 fully saturated rings. The maximum Gasteiger partial charge on any atom is 0.343 e. The molecule has 0 bridgehead atoms. The molecule has 1 unspecified atom stereocenters. The third kappa shape index (κ3) is 2.16. The molecule has 0 amide bonds. The summed E-state index contributed by atoms with van der Waals surface area (Å²) in [6, 6.07) is 3.27. The number of pyridine rings is 1. The lowest BCUT2D eigenvalue weighted by molar-refractivity contribution is 0.0523. The molecule has 3 rings (SSSR count). The monoisotopic (exact) mass is 303 g/mol. The lowest BCUT2D eigenvalue weighted by Crippen LogP contribution is -2.29. The first kappa shape index (κ1) is 14.6. The Labute approximate surface area is 126 Å². The average molecular weight is 303 g/mol. The zero-order valence-corrected chi connectivity index (χ0v) is 12.5. The lowest BCUT2D eigenvalue weighted by atomic mass is 10.1. The van der Waals surface area contributed by atoms with Crippen LogP contribution < -0.4 is 10.2 Å². The van der Waals surface area contributed by atoms with Gasteiger partial charge in [-0.05, 0) is 19.9 Å². The molecule has 1 aliphatic rings. The van der Waals surface area contributed by atoms with E-state index in [2.05, 4.69) is 0 Å². The van der Waals surface area contributed by atoms with Crippen molar-refractivity contribution in [3.8, 4) is 5.75 Å². The topological polar surface area (TPSA) is 77.8 Å². The number of carbonyl (C=O) groups is 1. The molecule has 0 spiro atoms. The maximum absolute atomic E-state index is 12.5. The van der Waals surface area contributed by atoms with Crippen molar-refractivity contribution in [3.05, 3.63) is 39.7 Å². The van der Waals surface area contributed by atoms with Gasteiger partial charge in [0.2, 0.25) is 5.43 Å². The Hall–Kier alpha value is -2.34. The summed E-state index contributed by atoms with van der Waals surface area (Å²) in [6.45, 7) is 4.15. The smallest absolute Gasteiger partial charge is 0.343 e. The number of carbonyl (C=O) groups excluding carboxylic acids is 1. The van der Waals surface area contributed by atoms with Gasteiger partial charge in [-0.25, -0.2) is 4.79 Å². The van der Waals surface area contributed by atoms with Gasteiger partial charge in [0.1, 0.15) is 17.4 Å². The van der Waals surface area contributed by atoms with E-state index in [0.717, 1.165) is 0 Å². The van der Waals surface area contributed by atoms with Crippen molar-refractivity contribution in [3.63, 3.8) is 0 Å². The highest BCUT2D eigenvalue weighted by molar-refractivity contribution is 5.95. The fraction of sp³-hybridized carbons (Fsp3) is 0.375. The number of benzene rings is 1. The fourth-order valence-corrected chi connectivity index (χ4v) is 2.78. The van der Waals surface area contributed by atoms with Gasteiger partial charge in [-0.2, -0.15) is 0 Å². The van der Waals surface area contributed by atoms with Crippen LogP contribution in [0, 0.1) is 0 Å². The van der Waals surface area contributed by atoms with E-state index in [1.807, 2.05) is 11.5 Å². The van der Waals surface area contributed by atoms with E-state index in [-0.39, 0.29) is 30.3 Å². The van der Waals surface area contributed by atoms with Crippen LogP contribution in [0.15, 0.2) is 23.1 Å². The maximum atomic E-state index is 12.5. The first-order chi connectivity index (χ1) is 10.6. The van der Waals surface area contributed by atoms with Crippen molar-refractivity contribution in [1.82, 2.24) is 4.57 Å². The zero-order valence-electron chi connectivity index (χ0n) is 12.5. The normalized spacial score (nSPS) is 16.4. The third-order valence-corrected chi connectivity index (χ3v) is 3.71. The van der Waals surface area contributed by atoms with Crippen LogP contribution in [0.25, 0.3) is 10.9 Å². The van der Waals surface area contributed by atoms with Gasteiger partial charge < -0.3 is 19.1 Å². The summed E-state index contributed by atoms with van der Waals surface area (Å²) in [6.07, 6.45) is 1.40. The van der Waals surface area contributed by atoms with E-state index in [4.69, 9.17) is 9.47 Å². The predicted molar refractivity (Wildman–Crippen MR) is 80.2 cm³/mol. The van der Waals surface area contributed by atoms with Crippen LogP contribution in [0.1, 0.15) is 29.8 Å². The largest absolute Gasteiger partial charge is 0.486 e. The van der Waals surface area contributed by atoms with Gasteiger partial charge in [-0.1, -0.05) is 6.07 Å². The summed E-state index contributed by atoms with van der Waals surface area (Å²) >= 11 is 0. The Kier molecular flexibility index (Phi) is 3.62. The van der Waals surface area contributed by atoms with Gasteiger partial charge in [-0.3, -0.25) is 4.79 Å². The second kappa shape index (κ2) is 5.46. The highest BCUT2D eigenvalue weighted by Crippen LogP contribution is 2.33. The number of ether oxygens (including phenoxy) is 2. The molecule has 0 radical (unpaired) electrons. The molecule has 1 aromatic heterocycles. The molecule has 116 valence electrons. The molecule has 2 aromatic rings. The summed E-state index contributed by atoms with van der Waals surface area (Å²) in [4.78, 5) is 24.5. The van der Waals surface area contributed by atoms with Crippen molar-refractivity contribution in [2.45, 2.75) is 33.1 Å². The average Bonchev–Trinajstić information content (AvgIpc) is 2.50. The number of esters is 1. The summed E-state index contributed by atoms with van der Waals surface area (Å²) in [7, 11) is 0. The van der Waals surface area contributed by atoms with E-state index < -0.39 is 5.97 Å². The van der Waals surface area contributed by atoms with Crippen molar-refractivity contribution in [2.75, 3.05) is 6.61 Å². The highest BCUT2D eigenvalue weighted by Gasteiger charge is 2.25. The molecule has 1 aromatic carbocycles. The summed E-state index contributed by atoms with van der Waals surface area (Å²) < 4.78 is 12.6. The Morgan fingerprint density at radius 2 is 2.27 bits per heavy atom. The highest BCUT2D eigenvalue weighted by atomic mass is 16.5. The van der Waals surface area contributed by atoms with Gasteiger partial charge in [-0.15, -0.1) is 0 Å². The first-order valence-electron chi connectivity index (χ1n) is 7.20. The predicted octanol–water partition coefficient (Wildman–Crippen LogP) is 1.45. The number of aliphatic hydroxyl groups is 1. The molecule has 22 heavy (non-hydrogen) atoms. The zero-order chi connectivity index (χ0) is 15.9. The van der Waals surface area contributed by atoms with Gasteiger partial charge in [0.15, 0.2) is 0 Å². The van der Waals surface area contributed by atoms with Crippen LogP contribution in [-0.2, 0) is 17.9 Å². The number of rotatable bonds is 3. The van der Waals surface area contributed by atoms with Gasteiger partial charge in [0, 0.05) is 11.8 Å². The summed E-state index contributed by atoms with van der Waals surface area (Å²) in [5.41, 5.74) is 0.874. The minimum atomic E-state index is -0.620. The SMILES string of the molecule is CCOC(=O)c1cn2c3c(c(CO)ccc3c1=O)OC(C)C2. The van der Waals surface area contributed by atoms with Gasteiger partial charge in [0.05, 0.1) is 30.7 Å². The van der Waals surface area contributed by atoms with E-state index in [1.165, 1.54) is 6.20 Å². The standard InChI is InChI=1S/C16H17NO5/c1-3-21-16(20)12-7-17-6-9(2)22-15-10(8-18)4-5-11(13(15)17)14(12)19/h4-5,7,9,18H,3,6,8H2,1-2H3. The molecule has 1 aliphatic heterocycles. The summed E-state index contributed by atoms with van der Waals surface area (Å²) in [5.74, 6) is -0.115. The summed E-state index contributed by atoms with van der Waals surface area (Å²) in [5, 5.41) is 9.84. The molecule has 1 atom stereocenters. The molecule has 0 aliphatic carbocycles. The van der Waals surface area contributed by atoms with Crippen LogP contribution >= 0.6 is 0 Å². The Bertz CT molecular complexity index is 808. The molecule has 0 saturated carbocycles. The van der Waals surface area contributed by atoms with E-state index in [0.29, 0.717) is 28.8 Å². The van der Waals surface area contributed by atoms with Crippen LogP contribution in [0.3, 0.4) is 0 Å². The molecule has 0 saturated heterocycles. The Morgan fingerprint density at radius 3 is 2.95 bits per heavy atom. The number of hydrogen-bond donors (Lipinski definition) is 1. The van der Waals surface area contributed by atoms with Crippen LogP contribution in [0.4, 0.5) is 0 Å². The van der Waals surface area contributed by atoms with Gasteiger partial charge in [0.25, 0.3) is 0 Å². The molecule has 6 nitrogen and oxygen atoms in total. The van der Waals surface area contributed by atoms with Crippen LogP contribution in [0.5, 0.6) is 5.75 Å². The minimum Gasteiger partial charge on any atom is -0.486 e. The number of nitrogens with zero attached hydrogens (tertiary/aromatic N) is 1. The molecule has 6 heteroatoms. The second-order valence-electron chi connectivity index (χ2n) is 5.28. The van der Waals surface area contributed by atoms with Gasteiger partial charge >= 0.3 is 5.97 Å². The van der Waals surface area contributed by atoms with E-state index >= 15 is 0 Å². The van der Waals surface area contributed by atoms with Crippen molar-refractivity contribution in [2.24, 2.45) is 0 Å². The number of hydrogen-bond acceptors (Lipinski definition) is 5. The molecular weight excluding hydrogens is 286 g/mol. The second-order valence-corrected chi connectivity index (χ2v) is 5.28. The first-order valence-corrected chi connectivity index (χ1v) is 7.20. The number of aliphatic hydroxyl groups excluding tert-OH is 1. The fourth-order valence-electron chi connectivity index (χ4n) is 2.78. The molecular formula is C16H17NO5. The lowest BCUT2D eigenvalue weighted by Gasteiger charge is -2.27. The molecule has 2 heterocycles. The Morgan fingerprint density at radius 1 is 1.50 bits per heavy atom. The third-order valence-electron chi connectivity index (χ3n) is 3.71. The van der Waals surface area contributed by atoms with E-state index in [9.17, 15) is 14.7 Å². The Balaban J connectivity index is 2.33. The number of aromatic nitrogens is 1. The van der Waals surface area contributed by atoms with E-state index in [1.54, 1.807) is 19.1 Å². The van der Waals surface area contributed by atoms with Crippen molar-refractivity contribution < 1.29 is 19.4 Å². The van der Waals surface area contributed by atoms with Crippen LogP contribution in [-0.4, -0.2) is 28.4 Å².